The van der Waals surface area contributed by atoms with Crippen LogP contribution in [0.25, 0.3) is 0 Å². The number of aryl methyl sites for hydroxylation is 1. The number of amides is 1. The molecule has 182 valence electrons. The van der Waals surface area contributed by atoms with Crippen LogP contribution in [-0.4, -0.2) is 10.8 Å². The van der Waals surface area contributed by atoms with E-state index in [0.29, 0.717) is 27.1 Å². The van der Waals surface area contributed by atoms with Gasteiger partial charge in [0.25, 0.3) is 11.6 Å². The van der Waals surface area contributed by atoms with Crippen LogP contribution in [0, 0.1) is 17.0 Å². The lowest BCUT2D eigenvalue weighted by Gasteiger charge is -2.11. The van der Waals surface area contributed by atoms with E-state index in [4.69, 9.17) is 32.7 Å². The third-order valence-electron chi connectivity index (χ3n) is 5.17. The molecule has 0 spiro atoms. The van der Waals surface area contributed by atoms with Crippen molar-refractivity contribution in [3.05, 3.63) is 122 Å². The normalized spacial score (nSPS) is 10.5. The molecule has 4 aromatic rings. The van der Waals surface area contributed by atoms with E-state index >= 15 is 0 Å². The molecule has 36 heavy (non-hydrogen) atoms. The molecule has 0 heterocycles. The number of benzene rings is 4. The van der Waals surface area contributed by atoms with Crippen LogP contribution in [0.15, 0.2) is 84.9 Å². The lowest BCUT2D eigenvalue weighted by molar-refractivity contribution is -0.384. The summed E-state index contributed by atoms with van der Waals surface area (Å²) in [5.41, 5.74) is 2.02. The summed E-state index contributed by atoms with van der Waals surface area (Å²) in [5.74, 6) is 0.804. The molecule has 0 unspecified atom stereocenters. The SMILES string of the molecule is Cc1cc(Oc2cc(NC(=O)c3ccc(COc4ccccc4Cl)cc3)cc([N+](=O)[O-])c2)ccc1Cl. The Morgan fingerprint density at radius 1 is 0.917 bits per heavy atom. The van der Waals surface area contributed by atoms with E-state index in [0.717, 1.165) is 11.1 Å². The number of nitrogens with zero attached hydrogens (tertiary/aromatic N) is 1. The van der Waals surface area contributed by atoms with E-state index in [-0.39, 0.29) is 23.7 Å². The van der Waals surface area contributed by atoms with Gasteiger partial charge in [0.2, 0.25) is 0 Å². The van der Waals surface area contributed by atoms with Crippen molar-refractivity contribution in [2.45, 2.75) is 13.5 Å². The number of nitrogens with one attached hydrogen (secondary N) is 1. The van der Waals surface area contributed by atoms with Gasteiger partial charge in [-0.05, 0) is 60.5 Å². The van der Waals surface area contributed by atoms with Gasteiger partial charge >= 0.3 is 0 Å². The monoisotopic (exact) mass is 522 g/mol. The zero-order valence-electron chi connectivity index (χ0n) is 19.0. The first-order valence-corrected chi connectivity index (χ1v) is 11.6. The highest BCUT2D eigenvalue weighted by Crippen LogP contribution is 2.31. The van der Waals surface area contributed by atoms with Crippen LogP contribution < -0.4 is 14.8 Å². The second kappa shape index (κ2) is 11.1. The molecule has 0 bridgehead atoms. The molecular weight excluding hydrogens is 503 g/mol. The molecule has 4 rings (SSSR count). The molecule has 0 saturated heterocycles. The second-order valence-corrected chi connectivity index (χ2v) is 8.67. The number of rotatable bonds is 8. The van der Waals surface area contributed by atoms with Crippen molar-refractivity contribution < 1.29 is 19.2 Å². The average Bonchev–Trinajstić information content (AvgIpc) is 2.86. The number of non-ortho nitro benzene ring substituents is 1. The van der Waals surface area contributed by atoms with Gasteiger partial charge in [-0.15, -0.1) is 0 Å². The lowest BCUT2D eigenvalue weighted by atomic mass is 10.1. The van der Waals surface area contributed by atoms with E-state index in [1.54, 1.807) is 54.6 Å². The summed E-state index contributed by atoms with van der Waals surface area (Å²) < 4.78 is 11.5. The number of para-hydroxylation sites is 1. The highest BCUT2D eigenvalue weighted by molar-refractivity contribution is 6.32. The number of carbonyl (C=O) groups is 1. The molecule has 7 nitrogen and oxygen atoms in total. The molecule has 0 aliphatic heterocycles. The molecule has 0 aliphatic carbocycles. The van der Waals surface area contributed by atoms with Gasteiger partial charge in [-0.1, -0.05) is 47.5 Å². The number of anilines is 1. The summed E-state index contributed by atoms with van der Waals surface area (Å²) in [6.45, 7) is 2.10. The number of hydrogen-bond donors (Lipinski definition) is 1. The van der Waals surface area contributed by atoms with Crippen LogP contribution in [0.3, 0.4) is 0 Å². The Labute approximate surface area is 217 Å². The number of ether oxygens (including phenoxy) is 2. The summed E-state index contributed by atoms with van der Waals surface area (Å²) in [6, 6.07) is 23.1. The number of nitro groups is 1. The van der Waals surface area contributed by atoms with Crippen LogP contribution in [0.4, 0.5) is 11.4 Å². The standard InChI is InChI=1S/C27H20Cl2N2O5/c1-17-12-22(10-11-24(17)28)36-23-14-20(13-21(15-23)31(33)34)30-27(32)19-8-6-18(7-9-19)16-35-26-5-3-2-4-25(26)29/h2-15H,16H2,1H3,(H,30,32). The van der Waals surface area contributed by atoms with Crippen LogP contribution in [-0.2, 0) is 6.61 Å². The number of carbonyl (C=O) groups excluding carboxylic acids is 1. The van der Waals surface area contributed by atoms with Gasteiger partial charge in [-0.3, -0.25) is 14.9 Å². The number of hydrogen-bond acceptors (Lipinski definition) is 5. The minimum absolute atomic E-state index is 0.202. The van der Waals surface area contributed by atoms with Gasteiger partial charge in [0, 0.05) is 22.7 Å². The highest BCUT2D eigenvalue weighted by Gasteiger charge is 2.14. The molecule has 0 aromatic heterocycles. The molecule has 0 saturated carbocycles. The predicted molar refractivity (Wildman–Crippen MR) is 140 cm³/mol. The van der Waals surface area contributed by atoms with Gasteiger partial charge < -0.3 is 14.8 Å². The fourth-order valence-corrected chi connectivity index (χ4v) is 3.62. The van der Waals surface area contributed by atoms with E-state index in [1.165, 1.54) is 18.2 Å². The molecule has 0 fully saturated rings. The molecule has 1 N–H and O–H groups in total. The minimum Gasteiger partial charge on any atom is -0.487 e. The molecule has 4 aromatic carbocycles. The van der Waals surface area contributed by atoms with Gasteiger partial charge in [-0.25, -0.2) is 0 Å². The predicted octanol–water partition coefficient (Wildman–Crippen LogP) is 7.83. The quantitative estimate of drug-likeness (QED) is 0.188. The molecule has 0 atom stereocenters. The average molecular weight is 523 g/mol. The summed E-state index contributed by atoms with van der Waals surface area (Å²) in [7, 11) is 0. The Morgan fingerprint density at radius 3 is 2.36 bits per heavy atom. The summed E-state index contributed by atoms with van der Waals surface area (Å²) in [6.07, 6.45) is 0. The van der Waals surface area contributed by atoms with Gasteiger partial charge in [-0.2, -0.15) is 0 Å². The third-order valence-corrected chi connectivity index (χ3v) is 5.91. The largest absolute Gasteiger partial charge is 0.487 e. The molecule has 9 heteroatoms. The molecule has 1 amide bonds. The Morgan fingerprint density at radius 2 is 1.67 bits per heavy atom. The topological polar surface area (TPSA) is 90.7 Å². The van der Waals surface area contributed by atoms with Crippen molar-refractivity contribution in [2.75, 3.05) is 5.32 Å². The first-order chi connectivity index (χ1) is 17.3. The second-order valence-electron chi connectivity index (χ2n) is 7.86. The first-order valence-electron chi connectivity index (χ1n) is 10.8. The third kappa shape index (κ3) is 6.33. The minimum atomic E-state index is -0.552. The maximum atomic E-state index is 12.8. The fraction of sp³-hybridized carbons (Fsp3) is 0.0741. The van der Waals surface area contributed by atoms with Crippen molar-refractivity contribution in [1.29, 1.82) is 0 Å². The maximum Gasteiger partial charge on any atom is 0.275 e. The number of nitro benzene ring substituents is 1. The zero-order valence-corrected chi connectivity index (χ0v) is 20.5. The Hall–Kier alpha value is -4.07. The highest BCUT2D eigenvalue weighted by atomic mass is 35.5. The fourth-order valence-electron chi connectivity index (χ4n) is 3.32. The Balaban J connectivity index is 1.46. The smallest absolute Gasteiger partial charge is 0.275 e. The van der Waals surface area contributed by atoms with Crippen LogP contribution in [0.2, 0.25) is 10.0 Å². The van der Waals surface area contributed by atoms with E-state index < -0.39 is 10.8 Å². The van der Waals surface area contributed by atoms with Crippen molar-refractivity contribution in [1.82, 2.24) is 0 Å². The first kappa shape index (κ1) is 25.0. The lowest BCUT2D eigenvalue weighted by Crippen LogP contribution is -2.12. The van der Waals surface area contributed by atoms with Crippen LogP contribution in [0.5, 0.6) is 17.2 Å². The summed E-state index contributed by atoms with van der Waals surface area (Å²) in [5, 5.41) is 15.2. The Bertz CT molecular complexity index is 1420. The van der Waals surface area contributed by atoms with E-state index in [1.807, 2.05) is 19.1 Å². The molecular formula is C27H20Cl2N2O5. The summed E-state index contributed by atoms with van der Waals surface area (Å²) >= 11 is 12.1. The van der Waals surface area contributed by atoms with Gasteiger partial charge in [0.15, 0.2) is 0 Å². The van der Waals surface area contributed by atoms with Crippen molar-refractivity contribution in [2.24, 2.45) is 0 Å². The summed E-state index contributed by atoms with van der Waals surface area (Å²) in [4.78, 5) is 23.7. The van der Waals surface area contributed by atoms with E-state index in [2.05, 4.69) is 5.32 Å². The molecule has 0 aliphatic rings. The molecule has 0 radical (unpaired) electrons. The van der Waals surface area contributed by atoms with Gasteiger partial charge in [0.05, 0.1) is 21.7 Å². The van der Waals surface area contributed by atoms with Gasteiger partial charge in [0.1, 0.15) is 23.9 Å². The van der Waals surface area contributed by atoms with Crippen molar-refractivity contribution >= 4 is 40.5 Å². The zero-order chi connectivity index (χ0) is 25.7. The van der Waals surface area contributed by atoms with Crippen LogP contribution >= 0.6 is 23.2 Å². The van der Waals surface area contributed by atoms with Crippen molar-refractivity contribution in [3.8, 4) is 17.2 Å². The van der Waals surface area contributed by atoms with Crippen LogP contribution in [0.1, 0.15) is 21.5 Å². The Kier molecular flexibility index (Phi) is 7.73. The van der Waals surface area contributed by atoms with Crippen molar-refractivity contribution in [3.63, 3.8) is 0 Å². The maximum absolute atomic E-state index is 12.8. The number of halogens is 2. The van der Waals surface area contributed by atoms with E-state index in [9.17, 15) is 14.9 Å².